The number of phenolic OH excluding ortho intramolecular Hbond substituents is 1. The maximum absolute atomic E-state index is 9.62. The van der Waals surface area contributed by atoms with Crippen molar-refractivity contribution in [2.45, 2.75) is 33.1 Å². The number of hydrogen-bond donors (Lipinski definition) is 1. The van der Waals surface area contributed by atoms with Crippen LogP contribution in [0.1, 0.15) is 30.9 Å². The van der Waals surface area contributed by atoms with E-state index >= 15 is 0 Å². The van der Waals surface area contributed by atoms with E-state index in [0.29, 0.717) is 5.75 Å². The van der Waals surface area contributed by atoms with Crippen LogP contribution in [0.5, 0.6) is 5.75 Å². The van der Waals surface area contributed by atoms with Crippen molar-refractivity contribution in [1.29, 1.82) is 0 Å². The lowest BCUT2D eigenvalue weighted by atomic mass is 10.1. The molecule has 0 amide bonds. The molecule has 0 bridgehead atoms. The summed E-state index contributed by atoms with van der Waals surface area (Å²) in [6.45, 7) is 4.13. The van der Waals surface area contributed by atoms with Gasteiger partial charge in [-0.25, -0.2) is 0 Å². The summed E-state index contributed by atoms with van der Waals surface area (Å²) in [6.07, 6.45) is 3.25. The summed E-state index contributed by atoms with van der Waals surface area (Å²) in [7, 11) is 0. The second-order valence-corrected chi connectivity index (χ2v) is 4.19. The molecule has 1 aromatic carbocycles. The first kappa shape index (κ1) is 10.6. The highest BCUT2D eigenvalue weighted by Crippen LogP contribution is 2.26. The van der Waals surface area contributed by atoms with E-state index in [0.717, 1.165) is 34.9 Å². The van der Waals surface area contributed by atoms with Crippen molar-refractivity contribution in [2.75, 3.05) is 0 Å². The van der Waals surface area contributed by atoms with Crippen LogP contribution in [0.4, 0.5) is 0 Å². The Morgan fingerprint density at radius 3 is 2.69 bits per heavy atom. The zero-order valence-electron chi connectivity index (χ0n) is 8.10. The number of rotatable bonds is 3. The summed E-state index contributed by atoms with van der Waals surface area (Å²) >= 11 is 3.46. The largest absolute Gasteiger partial charge is 0.508 e. The first-order chi connectivity index (χ1) is 6.15. The van der Waals surface area contributed by atoms with Gasteiger partial charge in [0.25, 0.3) is 0 Å². The Kier molecular flexibility index (Phi) is 3.79. The quantitative estimate of drug-likeness (QED) is 0.855. The van der Waals surface area contributed by atoms with Crippen molar-refractivity contribution in [2.24, 2.45) is 0 Å². The molecule has 0 heterocycles. The van der Waals surface area contributed by atoms with Gasteiger partial charge in [-0.3, -0.25) is 0 Å². The highest BCUT2D eigenvalue weighted by molar-refractivity contribution is 9.10. The number of aromatic hydroxyl groups is 1. The Bertz CT molecular complexity index is 294. The standard InChI is InChI=1S/C11H15BrO/c1-3-4-5-9-7-10(12)8(2)6-11(9)13/h6-7,13H,3-5H2,1-2H3. The third-order valence-corrected chi connectivity index (χ3v) is 3.01. The Hall–Kier alpha value is -0.500. The lowest BCUT2D eigenvalue weighted by molar-refractivity contribution is 0.466. The molecule has 0 aliphatic rings. The summed E-state index contributed by atoms with van der Waals surface area (Å²) < 4.78 is 1.08. The van der Waals surface area contributed by atoms with Crippen LogP contribution in [-0.4, -0.2) is 5.11 Å². The van der Waals surface area contributed by atoms with Crippen LogP contribution in [0.2, 0.25) is 0 Å². The van der Waals surface area contributed by atoms with E-state index in [9.17, 15) is 5.11 Å². The van der Waals surface area contributed by atoms with Crippen molar-refractivity contribution in [3.63, 3.8) is 0 Å². The molecule has 0 aliphatic heterocycles. The van der Waals surface area contributed by atoms with E-state index in [2.05, 4.69) is 22.9 Å². The first-order valence-electron chi connectivity index (χ1n) is 4.63. The van der Waals surface area contributed by atoms with Crippen LogP contribution in [-0.2, 0) is 6.42 Å². The molecule has 0 aliphatic carbocycles. The van der Waals surface area contributed by atoms with E-state index in [4.69, 9.17) is 0 Å². The minimum atomic E-state index is 0.425. The average molecular weight is 243 g/mol. The molecule has 1 aromatic rings. The zero-order valence-corrected chi connectivity index (χ0v) is 9.69. The zero-order chi connectivity index (χ0) is 9.84. The average Bonchev–Trinajstić information content (AvgIpc) is 2.09. The summed E-state index contributed by atoms with van der Waals surface area (Å²) in [4.78, 5) is 0. The van der Waals surface area contributed by atoms with Crippen molar-refractivity contribution in [3.8, 4) is 5.75 Å². The van der Waals surface area contributed by atoms with Gasteiger partial charge in [-0.15, -0.1) is 0 Å². The molecule has 0 unspecified atom stereocenters. The maximum Gasteiger partial charge on any atom is 0.119 e. The molecule has 2 heteroatoms. The van der Waals surface area contributed by atoms with Crippen LogP contribution in [0.25, 0.3) is 0 Å². The monoisotopic (exact) mass is 242 g/mol. The van der Waals surface area contributed by atoms with Crippen molar-refractivity contribution in [1.82, 2.24) is 0 Å². The van der Waals surface area contributed by atoms with E-state index in [1.54, 1.807) is 0 Å². The molecule has 1 rings (SSSR count). The first-order valence-corrected chi connectivity index (χ1v) is 5.42. The molecule has 0 atom stereocenters. The molecule has 0 saturated carbocycles. The van der Waals surface area contributed by atoms with Gasteiger partial charge in [0.15, 0.2) is 0 Å². The smallest absolute Gasteiger partial charge is 0.119 e. The molecule has 1 nitrogen and oxygen atoms in total. The third kappa shape index (κ3) is 2.73. The van der Waals surface area contributed by atoms with Gasteiger partial charge in [-0.2, -0.15) is 0 Å². The van der Waals surface area contributed by atoms with E-state index in [1.165, 1.54) is 0 Å². The fourth-order valence-corrected chi connectivity index (χ4v) is 1.67. The molecule has 1 N–H and O–H groups in total. The van der Waals surface area contributed by atoms with E-state index < -0.39 is 0 Å². The SMILES string of the molecule is CCCCc1cc(Br)c(C)cc1O. The number of benzene rings is 1. The lowest BCUT2D eigenvalue weighted by Crippen LogP contribution is -1.87. The summed E-state index contributed by atoms with van der Waals surface area (Å²) in [5.74, 6) is 0.425. The highest BCUT2D eigenvalue weighted by Gasteiger charge is 2.03. The number of halogens is 1. The van der Waals surface area contributed by atoms with Gasteiger partial charge in [0.05, 0.1) is 0 Å². The van der Waals surface area contributed by atoms with Gasteiger partial charge < -0.3 is 5.11 Å². The minimum Gasteiger partial charge on any atom is -0.508 e. The molecule has 0 aromatic heterocycles. The second-order valence-electron chi connectivity index (χ2n) is 3.33. The van der Waals surface area contributed by atoms with Gasteiger partial charge in [0.1, 0.15) is 5.75 Å². The fraction of sp³-hybridized carbons (Fsp3) is 0.455. The van der Waals surface area contributed by atoms with Crippen molar-refractivity contribution >= 4 is 15.9 Å². The molecule has 0 radical (unpaired) electrons. The van der Waals surface area contributed by atoms with Crippen LogP contribution < -0.4 is 0 Å². The molecular weight excluding hydrogens is 228 g/mol. The number of phenols is 1. The normalized spacial score (nSPS) is 10.4. The summed E-state index contributed by atoms with van der Waals surface area (Å²) in [6, 6.07) is 3.83. The Labute approximate surface area is 87.9 Å². The number of hydrogen-bond acceptors (Lipinski definition) is 1. The molecule has 0 fully saturated rings. The Morgan fingerprint density at radius 2 is 2.08 bits per heavy atom. The van der Waals surface area contributed by atoms with E-state index in [1.807, 2.05) is 19.1 Å². The van der Waals surface area contributed by atoms with Crippen LogP contribution in [0, 0.1) is 6.92 Å². The molecular formula is C11H15BrO. The topological polar surface area (TPSA) is 20.2 Å². The number of aryl methyl sites for hydroxylation is 2. The number of unbranched alkanes of at least 4 members (excludes halogenated alkanes) is 1. The predicted molar refractivity (Wildman–Crippen MR) is 59.2 cm³/mol. The summed E-state index contributed by atoms with van der Waals surface area (Å²) in [5.41, 5.74) is 2.12. The van der Waals surface area contributed by atoms with Crippen LogP contribution >= 0.6 is 15.9 Å². The predicted octanol–water partition coefficient (Wildman–Crippen LogP) is 3.81. The molecule has 13 heavy (non-hydrogen) atoms. The lowest BCUT2D eigenvalue weighted by Gasteiger charge is -2.06. The summed E-state index contributed by atoms with van der Waals surface area (Å²) in [5, 5.41) is 9.62. The molecule has 0 saturated heterocycles. The molecule has 72 valence electrons. The fourth-order valence-electron chi connectivity index (χ4n) is 1.27. The van der Waals surface area contributed by atoms with Gasteiger partial charge in [-0.1, -0.05) is 29.3 Å². The van der Waals surface area contributed by atoms with Gasteiger partial charge in [0.2, 0.25) is 0 Å². The highest BCUT2D eigenvalue weighted by atomic mass is 79.9. The molecule has 0 spiro atoms. The van der Waals surface area contributed by atoms with Crippen molar-refractivity contribution in [3.05, 3.63) is 27.7 Å². The van der Waals surface area contributed by atoms with Crippen LogP contribution in [0.3, 0.4) is 0 Å². The van der Waals surface area contributed by atoms with Crippen LogP contribution in [0.15, 0.2) is 16.6 Å². The van der Waals surface area contributed by atoms with Gasteiger partial charge >= 0.3 is 0 Å². The second kappa shape index (κ2) is 4.66. The minimum absolute atomic E-state index is 0.425. The maximum atomic E-state index is 9.62. The van der Waals surface area contributed by atoms with E-state index in [-0.39, 0.29) is 0 Å². The Balaban J connectivity index is 2.88. The van der Waals surface area contributed by atoms with Gasteiger partial charge in [-0.05, 0) is 43.0 Å². The Morgan fingerprint density at radius 1 is 1.38 bits per heavy atom. The van der Waals surface area contributed by atoms with Gasteiger partial charge in [0, 0.05) is 4.47 Å². The third-order valence-electron chi connectivity index (χ3n) is 2.16. The van der Waals surface area contributed by atoms with Crippen molar-refractivity contribution < 1.29 is 5.11 Å².